The molecule has 0 spiro atoms. The fourth-order valence-electron chi connectivity index (χ4n) is 1.39. The number of hydrogen-bond donors (Lipinski definition) is 0. The van der Waals surface area contributed by atoms with Gasteiger partial charge in [0.15, 0.2) is 0 Å². The van der Waals surface area contributed by atoms with Crippen LogP contribution in [-0.4, -0.2) is 29.3 Å². The molecule has 1 saturated carbocycles. The highest BCUT2D eigenvalue weighted by Crippen LogP contribution is 2.27. The van der Waals surface area contributed by atoms with E-state index in [2.05, 4.69) is 22.6 Å². The molecule has 0 aromatic carbocycles. The van der Waals surface area contributed by atoms with E-state index in [1.54, 1.807) is 0 Å². The molecule has 0 amide bonds. The molecule has 2 aliphatic rings. The van der Waals surface area contributed by atoms with Gasteiger partial charge in [0.1, 0.15) is 0 Å². The minimum absolute atomic E-state index is 0.376. The monoisotopic (exact) mass is 268 g/mol. The zero-order valence-corrected chi connectivity index (χ0v) is 8.62. The number of alkyl halides is 1. The lowest BCUT2D eigenvalue weighted by atomic mass is 9.96. The van der Waals surface area contributed by atoms with Crippen molar-refractivity contribution in [2.24, 2.45) is 0 Å². The second-order valence-electron chi connectivity index (χ2n) is 3.28. The third-order valence-electron chi connectivity index (χ3n) is 2.38. The van der Waals surface area contributed by atoms with Crippen molar-refractivity contribution < 1.29 is 9.47 Å². The third kappa shape index (κ3) is 1.87. The number of ether oxygens (including phenoxy) is 2. The van der Waals surface area contributed by atoms with E-state index < -0.39 is 0 Å². The average molecular weight is 268 g/mol. The van der Waals surface area contributed by atoms with Crippen molar-refractivity contribution in [3.05, 3.63) is 0 Å². The van der Waals surface area contributed by atoms with Crippen molar-refractivity contribution in [3.8, 4) is 0 Å². The van der Waals surface area contributed by atoms with Gasteiger partial charge in [0, 0.05) is 0 Å². The van der Waals surface area contributed by atoms with Crippen LogP contribution in [-0.2, 0) is 9.47 Å². The lowest BCUT2D eigenvalue weighted by Gasteiger charge is -2.29. The van der Waals surface area contributed by atoms with Gasteiger partial charge in [-0.2, -0.15) is 0 Å². The first-order chi connectivity index (χ1) is 5.36. The lowest BCUT2D eigenvalue weighted by molar-refractivity contribution is -0.0496. The molecule has 64 valence electrons. The molecule has 2 unspecified atom stereocenters. The Morgan fingerprint density at radius 2 is 2.09 bits per heavy atom. The Kier molecular flexibility index (Phi) is 2.69. The van der Waals surface area contributed by atoms with E-state index >= 15 is 0 Å². The molecule has 2 nitrogen and oxygen atoms in total. The van der Waals surface area contributed by atoms with Gasteiger partial charge in [-0.1, -0.05) is 22.6 Å². The van der Waals surface area contributed by atoms with Gasteiger partial charge in [0.2, 0.25) is 0 Å². The largest absolute Gasteiger partial charge is 0.378 e. The van der Waals surface area contributed by atoms with E-state index in [1.165, 1.54) is 19.3 Å². The van der Waals surface area contributed by atoms with Crippen molar-refractivity contribution in [1.29, 1.82) is 0 Å². The van der Waals surface area contributed by atoms with Crippen molar-refractivity contribution in [2.45, 2.75) is 35.4 Å². The highest BCUT2D eigenvalue weighted by Gasteiger charge is 2.30. The Morgan fingerprint density at radius 1 is 1.27 bits per heavy atom. The summed E-state index contributed by atoms with van der Waals surface area (Å²) in [5.74, 6) is 0. The summed E-state index contributed by atoms with van der Waals surface area (Å²) < 4.78 is 11.7. The van der Waals surface area contributed by atoms with E-state index in [0.29, 0.717) is 16.1 Å². The summed E-state index contributed by atoms with van der Waals surface area (Å²) in [4.78, 5) is 0. The summed E-state index contributed by atoms with van der Waals surface area (Å²) in [6.45, 7) is 1.68. The van der Waals surface area contributed by atoms with Gasteiger partial charge in [0.25, 0.3) is 0 Å². The van der Waals surface area contributed by atoms with Crippen LogP contribution in [0.15, 0.2) is 0 Å². The summed E-state index contributed by atoms with van der Waals surface area (Å²) in [5.41, 5.74) is 0. The quantitative estimate of drug-likeness (QED) is 0.561. The molecule has 0 aromatic rings. The molecule has 2 fully saturated rings. The second-order valence-corrected chi connectivity index (χ2v) is 4.88. The van der Waals surface area contributed by atoms with E-state index in [4.69, 9.17) is 9.47 Å². The van der Waals surface area contributed by atoms with Crippen molar-refractivity contribution in [3.63, 3.8) is 0 Å². The Balaban J connectivity index is 1.75. The minimum Gasteiger partial charge on any atom is -0.378 e. The fraction of sp³-hybridized carbons (Fsp3) is 1.00. The van der Waals surface area contributed by atoms with E-state index in [9.17, 15) is 0 Å². The Bertz CT molecular complexity index is 136. The summed E-state index contributed by atoms with van der Waals surface area (Å²) in [7, 11) is 0. The SMILES string of the molecule is IC1COCC1OC1CCC1. The third-order valence-corrected chi connectivity index (χ3v) is 3.54. The molecule has 0 N–H and O–H groups in total. The lowest BCUT2D eigenvalue weighted by Crippen LogP contribution is -2.32. The molecule has 1 aliphatic heterocycles. The van der Waals surface area contributed by atoms with E-state index in [-0.39, 0.29) is 0 Å². The topological polar surface area (TPSA) is 18.5 Å². The van der Waals surface area contributed by atoms with Gasteiger partial charge >= 0.3 is 0 Å². The van der Waals surface area contributed by atoms with Gasteiger partial charge in [-0.25, -0.2) is 0 Å². The van der Waals surface area contributed by atoms with Crippen LogP contribution in [0.4, 0.5) is 0 Å². The van der Waals surface area contributed by atoms with Crippen LogP contribution >= 0.6 is 22.6 Å². The maximum Gasteiger partial charge on any atom is 0.0951 e. The molecular formula is C8H13IO2. The van der Waals surface area contributed by atoms with Crippen LogP contribution in [0.5, 0.6) is 0 Å². The van der Waals surface area contributed by atoms with Crippen molar-refractivity contribution >= 4 is 22.6 Å². The minimum atomic E-state index is 0.376. The zero-order chi connectivity index (χ0) is 7.68. The van der Waals surface area contributed by atoms with Crippen molar-refractivity contribution in [1.82, 2.24) is 0 Å². The summed E-state index contributed by atoms with van der Waals surface area (Å²) in [5, 5.41) is 0. The molecule has 1 aliphatic carbocycles. The summed E-state index contributed by atoms with van der Waals surface area (Å²) in [6, 6.07) is 0. The smallest absolute Gasteiger partial charge is 0.0951 e. The molecule has 0 bridgehead atoms. The van der Waals surface area contributed by atoms with Gasteiger partial charge in [-0.3, -0.25) is 0 Å². The predicted molar refractivity (Wildman–Crippen MR) is 51.1 cm³/mol. The van der Waals surface area contributed by atoms with Gasteiger partial charge in [0.05, 0.1) is 29.3 Å². The number of rotatable bonds is 2. The molecule has 1 heterocycles. The summed E-state index contributed by atoms with van der Waals surface area (Å²) in [6.07, 6.45) is 4.81. The molecule has 0 radical (unpaired) electrons. The molecule has 3 heteroatoms. The Morgan fingerprint density at radius 3 is 2.55 bits per heavy atom. The molecule has 2 rings (SSSR count). The van der Waals surface area contributed by atoms with Crippen LogP contribution in [0.25, 0.3) is 0 Å². The van der Waals surface area contributed by atoms with E-state index in [0.717, 1.165) is 13.2 Å². The van der Waals surface area contributed by atoms with Crippen molar-refractivity contribution in [2.75, 3.05) is 13.2 Å². The van der Waals surface area contributed by atoms with E-state index in [1.807, 2.05) is 0 Å². The Hall–Kier alpha value is 0.650. The standard InChI is InChI=1S/C8H13IO2/c9-7-4-10-5-8(7)11-6-2-1-3-6/h6-8H,1-5H2. The van der Waals surface area contributed by atoms with Crippen LogP contribution in [0.1, 0.15) is 19.3 Å². The molecule has 11 heavy (non-hydrogen) atoms. The molecular weight excluding hydrogens is 255 g/mol. The first-order valence-corrected chi connectivity index (χ1v) is 5.48. The predicted octanol–water partition coefficient (Wildman–Crippen LogP) is 1.76. The highest BCUT2D eigenvalue weighted by atomic mass is 127. The van der Waals surface area contributed by atoms with Crippen LogP contribution in [0, 0.1) is 0 Å². The second kappa shape index (κ2) is 3.58. The van der Waals surface area contributed by atoms with Gasteiger partial charge in [-0.15, -0.1) is 0 Å². The molecule has 1 saturated heterocycles. The fourth-order valence-corrected chi connectivity index (χ4v) is 2.02. The number of hydrogen-bond acceptors (Lipinski definition) is 2. The van der Waals surface area contributed by atoms with Crippen LogP contribution < -0.4 is 0 Å². The Labute approximate surface area is 80.8 Å². The normalized spacial score (nSPS) is 39.0. The number of halogens is 1. The van der Waals surface area contributed by atoms with Gasteiger partial charge < -0.3 is 9.47 Å². The first-order valence-electron chi connectivity index (χ1n) is 4.23. The maximum absolute atomic E-state index is 5.83. The summed E-state index contributed by atoms with van der Waals surface area (Å²) >= 11 is 2.42. The zero-order valence-electron chi connectivity index (χ0n) is 6.46. The highest BCUT2D eigenvalue weighted by molar-refractivity contribution is 14.1. The maximum atomic E-state index is 5.83. The average Bonchev–Trinajstić information content (AvgIpc) is 2.27. The molecule has 0 aromatic heterocycles. The first kappa shape index (κ1) is 8.26. The van der Waals surface area contributed by atoms with Crippen LogP contribution in [0.3, 0.4) is 0 Å². The molecule has 2 atom stereocenters. The van der Waals surface area contributed by atoms with Crippen LogP contribution in [0.2, 0.25) is 0 Å². The van der Waals surface area contributed by atoms with Gasteiger partial charge in [-0.05, 0) is 19.3 Å².